The third kappa shape index (κ3) is 4.70. The van der Waals surface area contributed by atoms with Crippen LogP contribution in [-0.4, -0.2) is 30.1 Å². The van der Waals surface area contributed by atoms with E-state index in [4.69, 9.17) is 9.47 Å². The number of allylic oxidation sites excluding steroid dienone is 1. The quantitative estimate of drug-likeness (QED) is 0.321. The first-order valence-corrected chi connectivity index (χ1v) is 8.84. The second-order valence-corrected chi connectivity index (χ2v) is 6.18. The summed E-state index contributed by atoms with van der Waals surface area (Å²) >= 11 is 0. The maximum absolute atomic E-state index is 12.7. The highest BCUT2D eigenvalue weighted by Crippen LogP contribution is 2.33. The Morgan fingerprint density at radius 2 is 1.79 bits per heavy atom. The summed E-state index contributed by atoms with van der Waals surface area (Å²) in [5.74, 6) is -0.0573. The summed E-state index contributed by atoms with van der Waals surface area (Å²) in [4.78, 5) is 35.4. The van der Waals surface area contributed by atoms with Gasteiger partial charge in [-0.2, -0.15) is 0 Å². The molecule has 0 spiro atoms. The minimum atomic E-state index is -1.01. The van der Waals surface area contributed by atoms with Crippen LogP contribution in [0.25, 0.3) is 0 Å². The minimum Gasteiger partial charge on any atom is -0.490 e. The molecule has 1 heterocycles. The number of urea groups is 1. The van der Waals surface area contributed by atoms with Gasteiger partial charge in [0.25, 0.3) is 5.69 Å². The molecule has 0 fully saturated rings. The molecule has 1 aliphatic heterocycles. The van der Waals surface area contributed by atoms with Crippen molar-refractivity contribution in [2.75, 3.05) is 13.2 Å². The number of hydrogen-bond donors (Lipinski definition) is 2. The van der Waals surface area contributed by atoms with Gasteiger partial charge in [-0.05, 0) is 25.1 Å². The number of amides is 2. The molecule has 0 unspecified atom stereocenters. The number of nitro benzene ring substituents is 1. The molecule has 2 amide bonds. The van der Waals surface area contributed by atoms with Crippen molar-refractivity contribution in [3.8, 4) is 5.75 Å². The van der Waals surface area contributed by atoms with E-state index in [9.17, 15) is 19.7 Å². The summed E-state index contributed by atoms with van der Waals surface area (Å²) in [7, 11) is 0. The Morgan fingerprint density at radius 1 is 1.10 bits per heavy atom. The molecule has 1 aliphatic rings. The number of nitrogens with zero attached hydrogens (tertiary/aromatic N) is 1. The van der Waals surface area contributed by atoms with Crippen molar-refractivity contribution in [1.82, 2.24) is 10.6 Å². The van der Waals surface area contributed by atoms with Gasteiger partial charge in [-0.1, -0.05) is 30.3 Å². The van der Waals surface area contributed by atoms with E-state index in [0.29, 0.717) is 5.75 Å². The second kappa shape index (κ2) is 8.87. The molecule has 0 saturated heterocycles. The number of nitrogens with one attached hydrogen (secondary N) is 2. The maximum Gasteiger partial charge on any atom is 0.338 e. The number of rotatable bonds is 7. The summed E-state index contributed by atoms with van der Waals surface area (Å²) in [5, 5.41) is 16.4. The van der Waals surface area contributed by atoms with Gasteiger partial charge in [0.1, 0.15) is 19.0 Å². The molecule has 9 nitrogen and oxygen atoms in total. The van der Waals surface area contributed by atoms with Gasteiger partial charge in [-0.25, -0.2) is 9.59 Å². The van der Waals surface area contributed by atoms with Crippen LogP contribution in [0.5, 0.6) is 5.75 Å². The van der Waals surface area contributed by atoms with Crippen LogP contribution < -0.4 is 15.4 Å². The molecule has 0 aromatic heterocycles. The fourth-order valence-electron chi connectivity index (χ4n) is 2.98. The molecule has 150 valence electrons. The summed E-state index contributed by atoms with van der Waals surface area (Å²) < 4.78 is 10.8. The molecule has 2 aromatic carbocycles. The van der Waals surface area contributed by atoms with Crippen LogP contribution in [0.3, 0.4) is 0 Å². The first-order valence-electron chi connectivity index (χ1n) is 8.84. The van der Waals surface area contributed by atoms with E-state index >= 15 is 0 Å². The topological polar surface area (TPSA) is 120 Å². The molecule has 2 N–H and O–H groups in total. The number of esters is 1. The van der Waals surface area contributed by atoms with Crippen LogP contribution in [0.2, 0.25) is 0 Å². The lowest BCUT2D eigenvalue weighted by atomic mass is 9.94. The molecule has 29 heavy (non-hydrogen) atoms. The fourth-order valence-corrected chi connectivity index (χ4v) is 2.98. The van der Waals surface area contributed by atoms with Gasteiger partial charge in [0.05, 0.1) is 22.1 Å². The average Bonchev–Trinajstić information content (AvgIpc) is 2.71. The zero-order valence-corrected chi connectivity index (χ0v) is 15.6. The van der Waals surface area contributed by atoms with Crippen molar-refractivity contribution in [2.24, 2.45) is 0 Å². The monoisotopic (exact) mass is 397 g/mol. The van der Waals surface area contributed by atoms with Gasteiger partial charge in [0, 0.05) is 11.8 Å². The molecule has 0 radical (unpaired) electrons. The van der Waals surface area contributed by atoms with Crippen molar-refractivity contribution < 1.29 is 24.0 Å². The van der Waals surface area contributed by atoms with Crippen molar-refractivity contribution in [1.29, 1.82) is 0 Å². The normalized spacial score (nSPS) is 15.9. The highest BCUT2D eigenvalue weighted by Gasteiger charge is 2.35. The number of ether oxygens (including phenoxy) is 2. The largest absolute Gasteiger partial charge is 0.490 e. The third-order valence-electron chi connectivity index (χ3n) is 4.26. The van der Waals surface area contributed by atoms with Gasteiger partial charge in [-0.15, -0.1) is 0 Å². The van der Waals surface area contributed by atoms with Crippen molar-refractivity contribution >= 4 is 17.7 Å². The fraction of sp³-hybridized carbons (Fsp3) is 0.200. The van der Waals surface area contributed by atoms with Gasteiger partial charge in [0.15, 0.2) is 0 Å². The highest BCUT2D eigenvalue weighted by atomic mass is 16.6. The Morgan fingerprint density at radius 3 is 2.52 bits per heavy atom. The molecule has 9 heteroatoms. The first-order chi connectivity index (χ1) is 14.0. The van der Waals surface area contributed by atoms with E-state index in [0.717, 1.165) is 0 Å². The first kappa shape index (κ1) is 19.9. The van der Waals surface area contributed by atoms with Crippen LogP contribution in [-0.2, 0) is 9.53 Å². The molecular formula is C20H19N3O6. The second-order valence-electron chi connectivity index (χ2n) is 6.18. The number of benzene rings is 2. The van der Waals surface area contributed by atoms with E-state index in [2.05, 4.69) is 10.6 Å². The van der Waals surface area contributed by atoms with Crippen LogP contribution in [0.4, 0.5) is 10.5 Å². The molecule has 0 aliphatic carbocycles. The minimum absolute atomic E-state index is 0.0257. The SMILES string of the molecule is CC1=C(C(=O)OCCOc2ccccc2)[C@H](c2ccccc2[N+](=O)[O-])NC(=O)N1. The Labute approximate surface area is 166 Å². The molecular weight excluding hydrogens is 378 g/mol. The van der Waals surface area contributed by atoms with Gasteiger partial charge >= 0.3 is 12.0 Å². The molecule has 0 saturated carbocycles. The van der Waals surface area contributed by atoms with Gasteiger partial charge in [0.2, 0.25) is 0 Å². The standard InChI is InChI=1S/C20H19N3O6/c1-13-17(19(24)29-12-11-28-14-7-3-2-4-8-14)18(22-20(25)21-13)15-9-5-6-10-16(15)23(26)27/h2-10,18H,11-12H2,1H3,(H2,21,22,25)/t18-/m0/s1. The smallest absolute Gasteiger partial charge is 0.338 e. The number of carbonyl (C=O) groups excluding carboxylic acids is 2. The lowest BCUT2D eigenvalue weighted by Crippen LogP contribution is -2.45. The molecule has 3 rings (SSSR count). The van der Waals surface area contributed by atoms with Gasteiger partial charge in [-0.3, -0.25) is 10.1 Å². The van der Waals surface area contributed by atoms with E-state index < -0.39 is 23.0 Å². The zero-order valence-electron chi connectivity index (χ0n) is 15.6. The number of carbonyl (C=O) groups is 2. The van der Waals surface area contributed by atoms with E-state index in [1.54, 1.807) is 18.2 Å². The van der Waals surface area contributed by atoms with E-state index in [1.807, 2.05) is 18.2 Å². The maximum atomic E-state index is 12.7. The van der Waals surface area contributed by atoms with Crippen LogP contribution in [0.1, 0.15) is 18.5 Å². The van der Waals surface area contributed by atoms with Crippen molar-refractivity contribution in [2.45, 2.75) is 13.0 Å². The van der Waals surface area contributed by atoms with Crippen molar-refractivity contribution in [3.05, 3.63) is 81.5 Å². The van der Waals surface area contributed by atoms with E-state index in [-0.39, 0.29) is 35.7 Å². The van der Waals surface area contributed by atoms with Crippen LogP contribution >= 0.6 is 0 Å². The lowest BCUT2D eigenvalue weighted by Gasteiger charge is -2.27. The predicted molar refractivity (Wildman–Crippen MR) is 103 cm³/mol. The summed E-state index contributed by atoms with van der Waals surface area (Å²) in [6.45, 7) is 1.65. The zero-order chi connectivity index (χ0) is 20.8. The van der Waals surface area contributed by atoms with Gasteiger partial charge < -0.3 is 20.1 Å². The Balaban J connectivity index is 1.76. The summed E-state index contributed by atoms with van der Waals surface area (Å²) in [6, 6.07) is 13.4. The summed E-state index contributed by atoms with van der Waals surface area (Å²) in [6.07, 6.45) is 0. The Kier molecular flexibility index (Phi) is 6.08. The van der Waals surface area contributed by atoms with Crippen LogP contribution in [0.15, 0.2) is 65.9 Å². The van der Waals surface area contributed by atoms with Crippen LogP contribution in [0, 0.1) is 10.1 Å². The highest BCUT2D eigenvalue weighted by molar-refractivity contribution is 5.95. The predicted octanol–water partition coefficient (Wildman–Crippen LogP) is 2.84. The molecule has 2 aromatic rings. The Hall–Kier alpha value is -3.88. The average molecular weight is 397 g/mol. The van der Waals surface area contributed by atoms with Crippen molar-refractivity contribution in [3.63, 3.8) is 0 Å². The summed E-state index contributed by atoms with van der Waals surface area (Å²) in [5.41, 5.74) is 0.355. The number of nitro groups is 1. The van der Waals surface area contributed by atoms with E-state index in [1.165, 1.54) is 25.1 Å². The molecule has 1 atom stereocenters. The lowest BCUT2D eigenvalue weighted by molar-refractivity contribution is -0.385. The third-order valence-corrected chi connectivity index (χ3v) is 4.26. The molecule has 0 bridgehead atoms. The number of para-hydroxylation sites is 2. The number of hydrogen-bond acceptors (Lipinski definition) is 6. The Bertz CT molecular complexity index is 958.